The van der Waals surface area contributed by atoms with Crippen LogP contribution in [0, 0.1) is 10.1 Å². The van der Waals surface area contributed by atoms with Gasteiger partial charge in [-0.25, -0.2) is 18.7 Å². The van der Waals surface area contributed by atoms with Crippen molar-refractivity contribution in [2.45, 2.75) is 24.7 Å². The van der Waals surface area contributed by atoms with Crippen molar-refractivity contribution >= 4 is 28.8 Å². The molecule has 0 amide bonds. The van der Waals surface area contributed by atoms with Crippen LogP contribution in [0.4, 0.5) is 26.0 Å². The normalized spacial score (nSPS) is 16.2. The van der Waals surface area contributed by atoms with Gasteiger partial charge in [0, 0.05) is 24.8 Å². The molecule has 0 aliphatic heterocycles. The number of alkyl halides is 2. The summed E-state index contributed by atoms with van der Waals surface area (Å²) in [7, 11) is 1.40. The highest BCUT2D eigenvalue weighted by molar-refractivity contribution is 6.28. The molecule has 1 saturated carbocycles. The SMILES string of the molecule is COc1ccc(Nc2cc(C3CC(F)(F)C3)nc(Cl)n2)c([N+](=O)[O-])c1. The molecule has 0 unspecified atom stereocenters. The topological polar surface area (TPSA) is 90.2 Å². The Morgan fingerprint density at radius 2 is 2.08 bits per heavy atom. The molecule has 1 N–H and O–H groups in total. The molecule has 1 fully saturated rings. The molecule has 0 bridgehead atoms. The van der Waals surface area contributed by atoms with E-state index in [2.05, 4.69) is 15.3 Å². The summed E-state index contributed by atoms with van der Waals surface area (Å²) in [6, 6.07) is 5.74. The van der Waals surface area contributed by atoms with E-state index in [1.807, 2.05) is 0 Å². The summed E-state index contributed by atoms with van der Waals surface area (Å²) >= 11 is 5.86. The number of ether oxygens (including phenoxy) is 1. The lowest BCUT2D eigenvalue weighted by molar-refractivity contribution is -0.384. The van der Waals surface area contributed by atoms with Gasteiger partial charge in [0.15, 0.2) is 0 Å². The number of benzene rings is 1. The number of aromatic nitrogens is 2. The van der Waals surface area contributed by atoms with Crippen LogP contribution in [0.5, 0.6) is 5.75 Å². The predicted molar refractivity (Wildman–Crippen MR) is 86.9 cm³/mol. The summed E-state index contributed by atoms with van der Waals surface area (Å²) in [6.07, 6.45) is -0.606. The molecule has 3 rings (SSSR count). The van der Waals surface area contributed by atoms with E-state index in [4.69, 9.17) is 16.3 Å². The Morgan fingerprint density at radius 3 is 2.68 bits per heavy atom. The minimum atomic E-state index is -2.69. The largest absolute Gasteiger partial charge is 0.496 e. The Morgan fingerprint density at radius 1 is 1.36 bits per heavy atom. The zero-order chi connectivity index (χ0) is 18.2. The summed E-state index contributed by atoms with van der Waals surface area (Å²) in [5, 5.41) is 13.9. The highest BCUT2D eigenvalue weighted by Gasteiger charge is 2.46. The van der Waals surface area contributed by atoms with Crippen LogP contribution < -0.4 is 10.1 Å². The zero-order valence-corrected chi connectivity index (χ0v) is 13.8. The van der Waals surface area contributed by atoms with Gasteiger partial charge < -0.3 is 10.1 Å². The monoisotopic (exact) mass is 370 g/mol. The van der Waals surface area contributed by atoms with Crippen LogP contribution in [0.2, 0.25) is 5.28 Å². The number of nitrogens with zero attached hydrogens (tertiary/aromatic N) is 3. The summed E-state index contributed by atoms with van der Waals surface area (Å²) < 4.78 is 31.1. The highest BCUT2D eigenvalue weighted by Crippen LogP contribution is 2.48. The molecule has 0 atom stereocenters. The number of halogens is 3. The van der Waals surface area contributed by atoms with Gasteiger partial charge in [-0.1, -0.05) is 0 Å². The van der Waals surface area contributed by atoms with Gasteiger partial charge in [-0.3, -0.25) is 10.1 Å². The molecule has 7 nitrogen and oxygen atoms in total. The van der Waals surface area contributed by atoms with Crippen LogP contribution in [0.25, 0.3) is 0 Å². The van der Waals surface area contributed by atoms with Gasteiger partial charge in [-0.15, -0.1) is 0 Å². The number of rotatable bonds is 5. The third-order valence-electron chi connectivity index (χ3n) is 3.89. The van der Waals surface area contributed by atoms with Crippen molar-refractivity contribution in [3.8, 4) is 5.75 Å². The molecule has 1 aromatic heterocycles. The lowest BCUT2D eigenvalue weighted by Crippen LogP contribution is -2.34. The van der Waals surface area contributed by atoms with E-state index in [9.17, 15) is 18.9 Å². The number of methoxy groups -OCH3 is 1. The number of hydrogen-bond acceptors (Lipinski definition) is 6. The number of hydrogen-bond donors (Lipinski definition) is 1. The van der Waals surface area contributed by atoms with Crippen LogP contribution in [0.1, 0.15) is 24.5 Å². The third-order valence-corrected chi connectivity index (χ3v) is 4.06. The van der Waals surface area contributed by atoms with Crippen molar-refractivity contribution in [3.63, 3.8) is 0 Å². The van der Waals surface area contributed by atoms with Gasteiger partial charge >= 0.3 is 0 Å². The Bertz CT molecular complexity index is 826. The number of nitrogens with one attached hydrogen (secondary N) is 1. The van der Waals surface area contributed by atoms with Crippen molar-refractivity contribution < 1.29 is 18.4 Å². The van der Waals surface area contributed by atoms with Gasteiger partial charge in [0.25, 0.3) is 5.69 Å². The number of nitro benzene ring substituents is 1. The average Bonchev–Trinajstić information content (AvgIpc) is 2.52. The van der Waals surface area contributed by atoms with Crippen LogP contribution in [-0.4, -0.2) is 27.9 Å². The minimum absolute atomic E-state index is 0.119. The first-order valence-corrected chi connectivity index (χ1v) is 7.67. The molecule has 1 heterocycles. The number of nitro groups is 1. The molecule has 132 valence electrons. The van der Waals surface area contributed by atoms with Crippen molar-refractivity contribution in [1.29, 1.82) is 0 Å². The molecule has 2 aromatic rings. The second-order valence-corrected chi connectivity index (χ2v) is 6.01. The molecule has 0 spiro atoms. The molecular formula is C15H13ClF2N4O3. The van der Waals surface area contributed by atoms with Gasteiger partial charge in [-0.05, 0) is 23.7 Å². The molecule has 25 heavy (non-hydrogen) atoms. The molecule has 1 aromatic carbocycles. The van der Waals surface area contributed by atoms with E-state index in [1.54, 1.807) is 6.07 Å². The Balaban J connectivity index is 1.88. The first-order valence-electron chi connectivity index (χ1n) is 7.29. The summed E-state index contributed by atoms with van der Waals surface area (Å²) in [5.74, 6) is -2.58. The molecular weight excluding hydrogens is 358 g/mol. The molecule has 0 radical (unpaired) electrons. The smallest absolute Gasteiger partial charge is 0.296 e. The van der Waals surface area contributed by atoms with Crippen LogP contribution in [0.3, 0.4) is 0 Å². The van der Waals surface area contributed by atoms with E-state index >= 15 is 0 Å². The second-order valence-electron chi connectivity index (χ2n) is 5.67. The quantitative estimate of drug-likeness (QED) is 0.479. The standard InChI is InChI=1S/C15H13ClF2N4O3/c1-25-9-2-3-10(12(4-9)22(23)24)19-13-5-11(20-14(16)21-13)8-6-15(17,18)7-8/h2-5,8H,6-7H2,1H3,(H,19,20,21). The van der Waals surface area contributed by atoms with E-state index < -0.39 is 16.8 Å². The maximum absolute atomic E-state index is 13.1. The fourth-order valence-corrected chi connectivity index (χ4v) is 2.80. The third kappa shape index (κ3) is 3.76. The summed E-state index contributed by atoms with van der Waals surface area (Å²) in [4.78, 5) is 18.6. The maximum Gasteiger partial charge on any atom is 0.296 e. The van der Waals surface area contributed by atoms with E-state index in [0.29, 0.717) is 11.4 Å². The van der Waals surface area contributed by atoms with Gasteiger partial charge in [0.1, 0.15) is 17.3 Å². The highest BCUT2D eigenvalue weighted by atomic mass is 35.5. The summed E-state index contributed by atoms with van der Waals surface area (Å²) in [6.45, 7) is 0. The predicted octanol–water partition coefficient (Wildman–Crippen LogP) is 4.30. The molecule has 0 saturated heterocycles. The van der Waals surface area contributed by atoms with Crippen molar-refractivity contribution in [1.82, 2.24) is 9.97 Å². The van der Waals surface area contributed by atoms with E-state index in [-0.39, 0.29) is 35.3 Å². The van der Waals surface area contributed by atoms with Gasteiger partial charge in [0.2, 0.25) is 11.2 Å². The van der Waals surface area contributed by atoms with Crippen molar-refractivity contribution in [3.05, 3.63) is 45.4 Å². The lowest BCUT2D eigenvalue weighted by atomic mass is 9.79. The van der Waals surface area contributed by atoms with Crippen LogP contribution >= 0.6 is 11.6 Å². The average molecular weight is 371 g/mol. The fraction of sp³-hybridized carbons (Fsp3) is 0.333. The minimum Gasteiger partial charge on any atom is -0.496 e. The van der Waals surface area contributed by atoms with E-state index in [1.165, 1.54) is 25.3 Å². The first-order chi connectivity index (χ1) is 11.8. The van der Waals surface area contributed by atoms with Crippen LogP contribution in [0.15, 0.2) is 24.3 Å². The maximum atomic E-state index is 13.1. The molecule has 1 aliphatic rings. The van der Waals surface area contributed by atoms with E-state index in [0.717, 1.165) is 0 Å². The van der Waals surface area contributed by atoms with Crippen LogP contribution in [-0.2, 0) is 0 Å². The van der Waals surface area contributed by atoms with Gasteiger partial charge in [-0.2, -0.15) is 0 Å². The Labute approximate surface area is 146 Å². The first kappa shape index (κ1) is 17.3. The zero-order valence-electron chi connectivity index (χ0n) is 13.0. The van der Waals surface area contributed by atoms with Crippen molar-refractivity contribution in [2.75, 3.05) is 12.4 Å². The van der Waals surface area contributed by atoms with Crippen molar-refractivity contribution in [2.24, 2.45) is 0 Å². The Kier molecular flexibility index (Phi) is 4.42. The number of anilines is 2. The lowest BCUT2D eigenvalue weighted by Gasteiger charge is -2.34. The summed E-state index contributed by atoms with van der Waals surface area (Å²) in [5.41, 5.74) is 0.334. The Hall–Kier alpha value is -2.55. The van der Waals surface area contributed by atoms with Gasteiger partial charge in [0.05, 0.1) is 23.8 Å². The second kappa shape index (κ2) is 6.40. The molecule has 1 aliphatic carbocycles. The molecule has 10 heteroatoms. The fourth-order valence-electron chi connectivity index (χ4n) is 2.61.